The highest BCUT2D eigenvalue weighted by molar-refractivity contribution is 6.17. The van der Waals surface area contributed by atoms with E-state index in [2.05, 4.69) is 45.1 Å². The lowest BCUT2D eigenvalue weighted by molar-refractivity contribution is 0.0280. The highest BCUT2D eigenvalue weighted by Crippen LogP contribution is 2.40. The molecule has 26 heavy (non-hydrogen) atoms. The van der Waals surface area contributed by atoms with E-state index in [4.69, 9.17) is 26.2 Å². The van der Waals surface area contributed by atoms with Crippen LogP contribution in [0.25, 0.3) is 0 Å². The van der Waals surface area contributed by atoms with Gasteiger partial charge in [-0.1, -0.05) is 43.7 Å². The van der Waals surface area contributed by atoms with Crippen LogP contribution in [0.1, 0.15) is 40.0 Å². The van der Waals surface area contributed by atoms with E-state index in [1.165, 1.54) is 11.1 Å². The predicted octanol–water partition coefficient (Wildman–Crippen LogP) is 4.13. The molecule has 0 saturated carbocycles. The van der Waals surface area contributed by atoms with Gasteiger partial charge in [0.15, 0.2) is 0 Å². The van der Waals surface area contributed by atoms with Crippen LogP contribution in [0.3, 0.4) is 0 Å². The number of aliphatic hydroxyl groups excluding tert-OH is 2. The Kier molecular flexibility index (Phi) is 10.9. The van der Waals surface area contributed by atoms with Crippen molar-refractivity contribution in [3.63, 3.8) is 0 Å². The van der Waals surface area contributed by atoms with E-state index in [9.17, 15) is 5.11 Å². The first kappa shape index (κ1) is 23.0. The molecule has 2 N–H and O–H groups in total. The minimum Gasteiger partial charge on any atom is -0.495 e. The van der Waals surface area contributed by atoms with Crippen molar-refractivity contribution in [1.29, 1.82) is 0 Å². The second kappa shape index (κ2) is 12.3. The molecule has 0 radical (unpaired) electrons. The summed E-state index contributed by atoms with van der Waals surface area (Å²) in [5.74, 6) is 1.48. The minimum absolute atomic E-state index is 0.0754. The average Bonchev–Trinajstić information content (AvgIpc) is 2.65. The molecule has 1 rings (SSSR count). The normalized spacial score (nSPS) is 17.2. The van der Waals surface area contributed by atoms with Crippen LogP contribution >= 0.6 is 11.6 Å². The summed E-state index contributed by atoms with van der Waals surface area (Å²) >= 11 is 5.64. The number of allylic oxidation sites excluding steroid dienone is 7. The minimum atomic E-state index is -0.830. The van der Waals surface area contributed by atoms with Crippen LogP contribution in [0.5, 0.6) is 0 Å². The standard InChI is InChI=1S/C21H33ClO4/c1-4-17(7-5-13-25-14-6-12-22)21(2,3)18-8-10-20(11-9-18)26-16-19(24)15-23/h4-5,7-8,10,19,23-24H,6,9,11-16H2,1-3H3/b7-5-,17-4+. The smallest absolute Gasteiger partial charge is 0.116 e. The third-order valence-electron chi connectivity index (χ3n) is 4.55. The van der Waals surface area contributed by atoms with Gasteiger partial charge in [-0.3, -0.25) is 0 Å². The van der Waals surface area contributed by atoms with Crippen molar-refractivity contribution in [3.8, 4) is 0 Å². The van der Waals surface area contributed by atoms with E-state index in [1.54, 1.807) is 0 Å². The Labute approximate surface area is 162 Å². The van der Waals surface area contributed by atoms with E-state index in [-0.39, 0.29) is 18.6 Å². The van der Waals surface area contributed by atoms with Gasteiger partial charge in [-0.15, -0.1) is 11.6 Å². The number of ether oxygens (including phenoxy) is 2. The van der Waals surface area contributed by atoms with Gasteiger partial charge in [-0.25, -0.2) is 0 Å². The maximum absolute atomic E-state index is 9.38. The number of halogens is 1. The van der Waals surface area contributed by atoms with Gasteiger partial charge < -0.3 is 19.7 Å². The molecule has 1 unspecified atom stereocenters. The number of hydrogen-bond acceptors (Lipinski definition) is 4. The molecule has 0 heterocycles. The molecular weight excluding hydrogens is 352 g/mol. The molecule has 1 aliphatic carbocycles. The van der Waals surface area contributed by atoms with Crippen molar-refractivity contribution in [2.24, 2.45) is 5.41 Å². The second-order valence-corrected chi connectivity index (χ2v) is 7.24. The first-order valence-corrected chi connectivity index (χ1v) is 9.78. The van der Waals surface area contributed by atoms with E-state index in [0.29, 0.717) is 19.1 Å². The van der Waals surface area contributed by atoms with Crippen molar-refractivity contribution in [2.75, 3.05) is 32.3 Å². The molecule has 0 saturated heterocycles. The zero-order valence-corrected chi connectivity index (χ0v) is 17.0. The van der Waals surface area contributed by atoms with Crippen LogP contribution in [-0.2, 0) is 9.47 Å². The van der Waals surface area contributed by atoms with E-state index >= 15 is 0 Å². The van der Waals surface area contributed by atoms with Gasteiger partial charge in [0.1, 0.15) is 12.7 Å². The quantitative estimate of drug-likeness (QED) is 0.301. The van der Waals surface area contributed by atoms with Gasteiger partial charge in [0, 0.05) is 24.3 Å². The van der Waals surface area contributed by atoms with Crippen LogP contribution in [0.15, 0.2) is 47.3 Å². The lowest BCUT2D eigenvalue weighted by atomic mass is 9.74. The molecule has 5 heteroatoms. The molecule has 1 aliphatic rings. The molecule has 0 aromatic rings. The monoisotopic (exact) mass is 384 g/mol. The van der Waals surface area contributed by atoms with Crippen LogP contribution in [0, 0.1) is 5.41 Å². The van der Waals surface area contributed by atoms with Gasteiger partial charge in [0.25, 0.3) is 0 Å². The summed E-state index contributed by atoms with van der Waals surface area (Å²) in [6.45, 7) is 7.62. The van der Waals surface area contributed by atoms with Crippen molar-refractivity contribution in [2.45, 2.75) is 46.1 Å². The van der Waals surface area contributed by atoms with Gasteiger partial charge in [0.05, 0.1) is 19.0 Å². The molecular formula is C21H33ClO4. The Morgan fingerprint density at radius 3 is 2.69 bits per heavy atom. The summed E-state index contributed by atoms with van der Waals surface area (Å²) in [7, 11) is 0. The molecule has 0 aromatic carbocycles. The number of aliphatic hydroxyl groups is 2. The van der Waals surface area contributed by atoms with Gasteiger partial charge in [-0.2, -0.15) is 0 Å². The Morgan fingerprint density at radius 1 is 1.35 bits per heavy atom. The zero-order chi connectivity index (χ0) is 19.4. The molecule has 0 fully saturated rings. The second-order valence-electron chi connectivity index (χ2n) is 6.86. The van der Waals surface area contributed by atoms with Crippen molar-refractivity contribution in [3.05, 3.63) is 47.3 Å². The topological polar surface area (TPSA) is 58.9 Å². The molecule has 4 nitrogen and oxygen atoms in total. The first-order valence-electron chi connectivity index (χ1n) is 9.24. The third-order valence-corrected chi connectivity index (χ3v) is 4.82. The van der Waals surface area contributed by atoms with Gasteiger partial charge >= 0.3 is 0 Å². The largest absolute Gasteiger partial charge is 0.495 e. The van der Waals surface area contributed by atoms with Crippen LogP contribution in [-0.4, -0.2) is 48.6 Å². The SMILES string of the molecule is C/C=C(\C=C/COCCCCl)C(C)(C)C1=CC=C(OCC(O)CO)CC1. The summed E-state index contributed by atoms with van der Waals surface area (Å²) in [5, 5.41) is 18.2. The number of rotatable bonds is 12. The molecule has 0 aliphatic heterocycles. The van der Waals surface area contributed by atoms with Crippen molar-refractivity contribution >= 4 is 11.6 Å². The van der Waals surface area contributed by atoms with Crippen molar-refractivity contribution < 1.29 is 19.7 Å². The lowest BCUT2D eigenvalue weighted by Gasteiger charge is -2.32. The predicted molar refractivity (Wildman–Crippen MR) is 107 cm³/mol. The van der Waals surface area contributed by atoms with Crippen LogP contribution < -0.4 is 0 Å². The molecule has 0 amide bonds. The highest BCUT2D eigenvalue weighted by atomic mass is 35.5. The average molecular weight is 385 g/mol. The summed E-state index contributed by atoms with van der Waals surface area (Å²) in [4.78, 5) is 0. The lowest BCUT2D eigenvalue weighted by Crippen LogP contribution is -2.21. The number of alkyl halides is 1. The fraction of sp³-hybridized carbons (Fsp3) is 0.619. The Bertz CT molecular complexity index is 532. The first-order chi connectivity index (χ1) is 12.5. The summed E-state index contributed by atoms with van der Waals surface area (Å²) in [6.07, 6.45) is 12.2. The molecule has 0 aromatic heterocycles. The molecule has 0 spiro atoms. The fourth-order valence-electron chi connectivity index (χ4n) is 2.85. The zero-order valence-electron chi connectivity index (χ0n) is 16.2. The van der Waals surface area contributed by atoms with Crippen LogP contribution in [0.4, 0.5) is 0 Å². The summed E-state index contributed by atoms with van der Waals surface area (Å²) < 4.78 is 11.1. The maximum atomic E-state index is 9.38. The Balaban J connectivity index is 2.65. The van der Waals surface area contributed by atoms with Gasteiger partial charge in [-0.05, 0) is 31.4 Å². The molecule has 148 valence electrons. The van der Waals surface area contributed by atoms with Crippen LogP contribution in [0.2, 0.25) is 0 Å². The Morgan fingerprint density at radius 2 is 2.12 bits per heavy atom. The highest BCUT2D eigenvalue weighted by Gasteiger charge is 2.27. The van der Waals surface area contributed by atoms with Crippen molar-refractivity contribution in [1.82, 2.24) is 0 Å². The molecule has 0 bridgehead atoms. The summed E-state index contributed by atoms with van der Waals surface area (Å²) in [5.41, 5.74) is 2.51. The fourth-order valence-corrected chi connectivity index (χ4v) is 2.96. The summed E-state index contributed by atoms with van der Waals surface area (Å²) in [6, 6.07) is 0. The maximum Gasteiger partial charge on any atom is 0.116 e. The Hall–Kier alpha value is -1.07. The van der Waals surface area contributed by atoms with E-state index in [0.717, 1.165) is 25.0 Å². The number of hydrogen-bond donors (Lipinski definition) is 2. The van der Waals surface area contributed by atoms with Gasteiger partial charge in [0.2, 0.25) is 0 Å². The third kappa shape index (κ3) is 7.67. The van der Waals surface area contributed by atoms with E-state index < -0.39 is 6.10 Å². The molecule has 1 atom stereocenters. The van der Waals surface area contributed by atoms with E-state index in [1.807, 2.05) is 6.08 Å².